The topological polar surface area (TPSA) is 81.4 Å². The summed E-state index contributed by atoms with van der Waals surface area (Å²) < 4.78 is 4.82. The Bertz CT molecular complexity index is 1010. The van der Waals surface area contributed by atoms with E-state index in [0.29, 0.717) is 17.7 Å². The Morgan fingerprint density at radius 1 is 1.04 bits per heavy atom. The average molecular weight is 376 g/mol. The summed E-state index contributed by atoms with van der Waals surface area (Å²) in [6.45, 7) is 1.95. The summed E-state index contributed by atoms with van der Waals surface area (Å²) in [5, 5.41) is 4.91. The van der Waals surface area contributed by atoms with E-state index in [9.17, 15) is 9.59 Å². The molecule has 0 unspecified atom stereocenters. The lowest BCUT2D eigenvalue weighted by Gasteiger charge is -2.18. The van der Waals surface area contributed by atoms with E-state index in [1.54, 1.807) is 18.2 Å². The van der Waals surface area contributed by atoms with Gasteiger partial charge in [0.1, 0.15) is 6.04 Å². The van der Waals surface area contributed by atoms with Crippen LogP contribution < -0.4 is 11.1 Å². The van der Waals surface area contributed by atoms with Crippen LogP contribution in [0.5, 0.6) is 0 Å². The molecule has 1 amide bonds. The second-order valence-corrected chi connectivity index (χ2v) is 6.67. The first-order chi connectivity index (χ1) is 13.5. The molecule has 0 saturated heterocycles. The number of esters is 1. The number of fused-ring (bicyclic) bond motifs is 1. The Hall–Kier alpha value is -3.34. The van der Waals surface area contributed by atoms with Crippen LogP contribution in [0.1, 0.15) is 30.1 Å². The van der Waals surface area contributed by atoms with Gasteiger partial charge in [-0.05, 0) is 46.5 Å². The van der Waals surface area contributed by atoms with Gasteiger partial charge in [0.15, 0.2) is 0 Å². The maximum absolute atomic E-state index is 13.0. The van der Waals surface area contributed by atoms with Crippen molar-refractivity contribution in [3.05, 3.63) is 66.2 Å². The SMILES string of the molecule is CCC[C@H](NC(=O)c1ccc(N)cc1-c1cccc2ccccc12)C(=O)OC. The lowest BCUT2D eigenvalue weighted by Crippen LogP contribution is -2.41. The summed E-state index contributed by atoms with van der Waals surface area (Å²) in [4.78, 5) is 25.0. The molecule has 1 atom stereocenters. The molecule has 144 valence electrons. The molecule has 3 aromatic carbocycles. The normalized spacial score (nSPS) is 11.8. The second kappa shape index (κ2) is 8.57. The fourth-order valence-electron chi connectivity index (χ4n) is 3.36. The standard InChI is InChI=1S/C23H24N2O3/c1-3-7-21(23(27)28-2)25-22(26)19-13-12-16(24)14-20(19)18-11-6-9-15-8-4-5-10-17(15)18/h4-6,8-14,21H,3,7,24H2,1-2H3,(H,25,26)/t21-/m0/s1. The van der Waals surface area contributed by atoms with Gasteiger partial charge in [0, 0.05) is 11.3 Å². The van der Waals surface area contributed by atoms with E-state index in [1.807, 2.05) is 49.4 Å². The molecule has 0 fully saturated rings. The molecule has 0 aromatic heterocycles. The molecule has 0 saturated carbocycles. The minimum atomic E-state index is -0.680. The molecule has 0 radical (unpaired) electrons. The highest BCUT2D eigenvalue weighted by atomic mass is 16.5. The summed E-state index contributed by atoms with van der Waals surface area (Å²) >= 11 is 0. The number of anilines is 1. The van der Waals surface area contributed by atoms with Crippen LogP contribution in [0.2, 0.25) is 0 Å². The van der Waals surface area contributed by atoms with Crippen molar-refractivity contribution in [1.82, 2.24) is 5.32 Å². The van der Waals surface area contributed by atoms with Gasteiger partial charge in [-0.15, -0.1) is 0 Å². The molecular weight excluding hydrogens is 352 g/mol. The van der Waals surface area contributed by atoms with E-state index in [-0.39, 0.29) is 5.91 Å². The summed E-state index contributed by atoms with van der Waals surface area (Å²) in [6.07, 6.45) is 1.26. The molecule has 3 rings (SSSR count). The van der Waals surface area contributed by atoms with Gasteiger partial charge in [0.2, 0.25) is 0 Å². The number of hydrogen-bond donors (Lipinski definition) is 2. The molecule has 0 heterocycles. The molecule has 5 nitrogen and oxygen atoms in total. The van der Waals surface area contributed by atoms with Crippen molar-refractivity contribution in [3.8, 4) is 11.1 Å². The number of carbonyl (C=O) groups excluding carboxylic acids is 2. The van der Waals surface area contributed by atoms with Crippen molar-refractivity contribution in [3.63, 3.8) is 0 Å². The summed E-state index contributed by atoms with van der Waals surface area (Å²) in [5.74, 6) is -0.774. The van der Waals surface area contributed by atoms with Gasteiger partial charge in [-0.25, -0.2) is 4.79 Å². The Balaban J connectivity index is 2.06. The highest BCUT2D eigenvalue weighted by Gasteiger charge is 2.23. The van der Waals surface area contributed by atoms with E-state index in [4.69, 9.17) is 10.5 Å². The smallest absolute Gasteiger partial charge is 0.328 e. The number of methoxy groups -OCH3 is 1. The van der Waals surface area contributed by atoms with Crippen LogP contribution in [0.3, 0.4) is 0 Å². The number of nitrogens with one attached hydrogen (secondary N) is 1. The van der Waals surface area contributed by atoms with Crippen LogP contribution in [0, 0.1) is 0 Å². The van der Waals surface area contributed by atoms with Crippen LogP contribution in [-0.4, -0.2) is 25.0 Å². The number of rotatable bonds is 6. The van der Waals surface area contributed by atoms with Gasteiger partial charge in [0.25, 0.3) is 5.91 Å². The van der Waals surface area contributed by atoms with Gasteiger partial charge >= 0.3 is 5.97 Å². The summed E-state index contributed by atoms with van der Waals surface area (Å²) in [6, 6.07) is 18.4. The fourth-order valence-corrected chi connectivity index (χ4v) is 3.36. The van der Waals surface area contributed by atoms with Gasteiger partial charge in [-0.1, -0.05) is 55.8 Å². The molecule has 0 aliphatic heterocycles. The minimum absolute atomic E-state index is 0.327. The van der Waals surface area contributed by atoms with Crippen molar-refractivity contribution in [1.29, 1.82) is 0 Å². The van der Waals surface area contributed by atoms with Crippen molar-refractivity contribution >= 4 is 28.3 Å². The number of ether oxygens (including phenoxy) is 1. The van der Waals surface area contributed by atoms with Crippen LogP contribution >= 0.6 is 0 Å². The zero-order valence-electron chi connectivity index (χ0n) is 16.1. The first kappa shape index (κ1) is 19.4. The maximum atomic E-state index is 13.0. The molecule has 3 aromatic rings. The Morgan fingerprint density at radius 2 is 1.79 bits per heavy atom. The maximum Gasteiger partial charge on any atom is 0.328 e. The highest BCUT2D eigenvalue weighted by molar-refractivity contribution is 6.07. The van der Waals surface area contributed by atoms with E-state index in [0.717, 1.165) is 28.3 Å². The molecule has 28 heavy (non-hydrogen) atoms. The van der Waals surface area contributed by atoms with Crippen LogP contribution in [0.4, 0.5) is 5.69 Å². The molecule has 0 aliphatic carbocycles. The van der Waals surface area contributed by atoms with E-state index in [1.165, 1.54) is 7.11 Å². The number of nitrogen functional groups attached to an aromatic ring is 1. The number of benzene rings is 3. The largest absolute Gasteiger partial charge is 0.467 e. The van der Waals surface area contributed by atoms with Crippen LogP contribution in [0.25, 0.3) is 21.9 Å². The summed E-state index contributed by atoms with van der Waals surface area (Å²) in [7, 11) is 1.32. The molecule has 5 heteroatoms. The predicted octanol–water partition coefficient (Wildman–Crippen LogP) is 4.16. The van der Waals surface area contributed by atoms with Crippen molar-refractivity contribution < 1.29 is 14.3 Å². The van der Waals surface area contributed by atoms with E-state index >= 15 is 0 Å². The third kappa shape index (κ3) is 3.98. The number of amides is 1. The Kier molecular flexibility index (Phi) is 5.94. The lowest BCUT2D eigenvalue weighted by molar-refractivity contribution is -0.143. The number of nitrogens with two attached hydrogens (primary N) is 1. The zero-order valence-corrected chi connectivity index (χ0v) is 16.1. The quantitative estimate of drug-likeness (QED) is 0.500. The van der Waals surface area contributed by atoms with Gasteiger partial charge in [-0.2, -0.15) is 0 Å². The molecular formula is C23H24N2O3. The molecule has 3 N–H and O–H groups in total. The van der Waals surface area contributed by atoms with Crippen molar-refractivity contribution in [2.75, 3.05) is 12.8 Å². The van der Waals surface area contributed by atoms with Crippen molar-refractivity contribution in [2.24, 2.45) is 0 Å². The average Bonchev–Trinajstić information content (AvgIpc) is 2.72. The highest BCUT2D eigenvalue weighted by Crippen LogP contribution is 2.32. The Labute approximate surface area is 164 Å². The predicted molar refractivity (Wildman–Crippen MR) is 112 cm³/mol. The van der Waals surface area contributed by atoms with E-state index < -0.39 is 12.0 Å². The minimum Gasteiger partial charge on any atom is -0.467 e. The first-order valence-electron chi connectivity index (χ1n) is 9.31. The first-order valence-corrected chi connectivity index (χ1v) is 9.31. The molecule has 0 aliphatic rings. The molecule has 0 bridgehead atoms. The zero-order chi connectivity index (χ0) is 20.1. The van der Waals surface area contributed by atoms with Crippen LogP contribution in [-0.2, 0) is 9.53 Å². The Morgan fingerprint density at radius 3 is 2.54 bits per heavy atom. The number of carbonyl (C=O) groups is 2. The third-order valence-corrected chi connectivity index (χ3v) is 4.74. The van der Waals surface area contributed by atoms with Gasteiger partial charge in [0.05, 0.1) is 7.11 Å². The monoisotopic (exact) mass is 376 g/mol. The third-order valence-electron chi connectivity index (χ3n) is 4.74. The van der Waals surface area contributed by atoms with E-state index in [2.05, 4.69) is 5.32 Å². The number of hydrogen-bond acceptors (Lipinski definition) is 4. The van der Waals surface area contributed by atoms with Crippen molar-refractivity contribution in [2.45, 2.75) is 25.8 Å². The van der Waals surface area contributed by atoms with Gasteiger partial charge < -0.3 is 15.8 Å². The fraction of sp³-hybridized carbons (Fsp3) is 0.217. The second-order valence-electron chi connectivity index (χ2n) is 6.67. The molecule has 0 spiro atoms. The lowest BCUT2D eigenvalue weighted by atomic mass is 9.93. The van der Waals surface area contributed by atoms with Gasteiger partial charge in [-0.3, -0.25) is 4.79 Å². The van der Waals surface area contributed by atoms with Crippen LogP contribution in [0.15, 0.2) is 60.7 Å². The summed E-state index contributed by atoms with van der Waals surface area (Å²) in [5.41, 5.74) is 8.71.